The number of likely N-dealkylation sites (tertiary alicyclic amines) is 1. The lowest BCUT2D eigenvalue weighted by Gasteiger charge is -2.31. The Bertz CT molecular complexity index is 423. The molecule has 2 heterocycles. The summed E-state index contributed by atoms with van der Waals surface area (Å²) in [5.74, 6) is -2.25. The van der Waals surface area contributed by atoms with Crippen LogP contribution in [0.2, 0.25) is 0 Å². The van der Waals surface area contributed by atoms with Crippen molar-refractivity contribution in [2.24, 2.45) is 0 Å². The average molecular weight is 255 g/mol. The van der Waals surface area contributed by atoms with E-state index in [1.54, 1.807) is 0 Å². The summed E-state index contributed by atoms with van der Waals surface area (Å²) >= 11 is 0. The second-order valence-corrected chi connectivity index (χ2v) is 4.39. The van der Waals surface area contributed by atoms with E-state index in [0.29, 0.717) is 17.8 Å². The van der Waals surface area contributed by atoms with E-state index in [1.807, 2.05) is 6.92 Å². The van der Waals surface area contributed by atoms with E-state index in [9.17, 15) is 13.6 Å². The molecule has 0 saturated carbocycles. The summed E-state index contributed by atoms with van der Waals surface area (Å²) in [5.41, 5.74) is 0.359. The number of halogens is 2. The highest BCUT2D eigenvalue weighted by Gasteiger charge is 2.35. The standard InChI is InChI=1S/C12H15F2N3O/c1-2-10-15-7-9(8-16-10)11(18)17-5-3-12(13,14)4-6-17/h7-8H,2-6H2,1H3. The van der Waals surface area contributed by atoms with E-state index in [-0.39, 0.29) is 31.8 Å². The fraction of sp³-hybridized carbons (Fsp3) is 0.583. The zero-order chi connectivity index (χ0) is 13.2. The van der Waals surface area contributed by atoms with Crippen LogP contribution in [-0.2, 0) is 6.42 Å². The molecule has 1 amide bonds. The first kappa shape index (κ1) is 12.9. The van der Waals surface area contributed by atoms with Gasteiger partial charge in [0.1, 0.15) is 5.82 Å². The minimum atomic E-state index is -2.64. The molecule has 0 spiro atoms. The Morgan fingerprint density at radius 3 is 2.39 bits per heavy atom. The van der Waals surface area contributed by atoms with Crippen molar-refractivity contribution in [3.05, 3.63) is 23.8 Å². The first-order chi connectivity index (χ1) is 8.52. The van der Waals surface area contributed by atoms with Crippen LogP contribution < -0.4 is 0 Å². The van der Waals surface area contributed by atoms with Crippen LogP contribution >= 0.6 is 0 Å². The second-order valence-electron chi connectivity index (χ2n) is 4.39. The first-order valence-corrected chi connectivity index (χ1v) is 6.00. The van der Waals surface area contributed by atoms with Gasteiger partial charge in [-0.05, 0) is 0 Å². The molecule has 1 aliphatic heterocycles. The molecule has 1 aromatic heterocycles. The summed E-state index contributed by atoms with van der Waals surface area (Å²) in [7, 11) is 0. The highest BCUT2D eigenvalue weighted by Crippen LogP contribution is 2.28. The van der Waals surface area contributed by atoms with Crippen LogP contribution in [0.5, 0.6) is 0 Å². The van der Waals surface area contributed by atoms with E-state index in [1.165, 1.54) is 17.3 Å². The molecule has 0 aromatic carbocycles. The largest absolute Gasteiger partial charge is 0.338 e. The number of carbonyl (C=O) groups is 1. The lowest BCUT2D eigenvalue weighted by molar-refractivity contribution is -0.0494. The van der Waals surface area contributed by atoms with E-state index in [0.717, 1.165) is 0 Å². The van der Waals surface area contributed by atoms with Gasteiger partial charge in [0.25, 0.3) is 11.8 Å². The van der Waals surface area contributed by atoms with Crippen LogP contribution in [0.15, 0.2) is 12.4 Å². The summed E-state index contributed by atoms with van der Waals surface area (Å²) in [5, 5.41) is 0. The Hall–Kier alpha value is -1.59. The number of rotatable bonds is 2. The number of piperidine rings is 1. The smallest absolute Gasteiger partial charge is 0.256 e. The Morgan fingerprint density at radius 2 is 1.89 bits per heavy atom. The normalized spacial score (nSPS) is 18.7. The van der Waals surface area contributed by atoms with Crippen molar-refractivity contribution in [3.8, 4) is 0 Å². The number of hydrogen-bond acceptors (Lipinski definition) is 3. The fourth-order valence-corrected chi connectivity index (χ4v) is 1.87. The van der Waals surface area contributed by atoms with Crippen LogP contribution in [0, 0.1) is 0 Å². The monoisotopic (exact) mass is 255 g/mol. The summed E-state index contributed by atoms with van der Waals surface area (Å²) in [6.07, 6.45) is 3.07. The molecule has 0 N–H and O–H groups in total. The summed E-state index contributed by atoms with van der Waals surface area (Å²) < 4.78 is 26.0. The first-order valence-electron chi connectivity index (χ1n) is 6.00. The molecule has 1 saturated heterocycles. The van der Waals surface area contributed by atoms with Crippen molar-refractivity contribution in [1.82, 2.24) is 14.9 Å². The molecule has 2 rings (SSSR count). The molecule has 0 unspecified atom stereocenters. The lowest BCUT2D eigenvalue weighted by atomic mass is 10.1. The number of carbonyl (C=O) groups excluding carboxylic acids is 1. The van der Waals surface area contributed by atoms with Gasteiger partial charge in [0, 0.05) is 44.7 Å². The van der Waals surface area contributed by atoms with Gasteiger partial charge >= 0.3 is 0 Å². The van der Waals surface area contributed by atoms with Gasteiger partial charge in [-0.25, -0.2) is 18.7 Å². The molecule has 0 atom stereocenters. The maximum atomic E-state index is 13.0. The number of aromatic nitrogens is 2. The Kier molecular flexibility index (Phi) is 3.54. The highest BCUT2D eigenvalue weighted by atomic mass is 19.3. The minimum Gasteiger partial charge on any atom is -0.338 e. The predicted molar refractivity (Wildman–Crippen MR) is 61.5 cm³/mol. The molecule has 1 aliphatic rings. The SMILES string of the molecule is CCc1ncc(C(=O)N2CCC(F)(F)CC2)cn1. The molecule has 6 heteroatoms. The molecular formula is C12H15F2N3O. The third-order valence-corrected chi connectivity index (χ3v) is 3.05. The molecule has 1 aromatic rings. The summed E-state index contributed by atoms with van der Waals surface area (Å²) in [4.78, 5) is 21.5. The minimum absolute atomic E-state index is 0.0847. The van der Waals surface area contributed by atoms with Gasteiger partial charge in [-0.3, -0.25) is 4.79 Å². The van der Waals surface area contributed by atoms with Crippen LogP contribution in [0.1, 0.15) is 35.9 Å². The van der Waals surface area contributed by atoms with Gasteiger partial charge < -0.3 is 4.90 Å². The van der Waals surface area contributed by atoms with E-state index in [2.05, 4.69) is 9.97 Å². The topological polar surface area (TPSA) is 46.1 Å². The molecular weight excluding hydrogens is 240 g/mol. The lowest BCUT2D eigenvalue weighted by Crippen LogP contribution is -2.42. The van der Waals surface area contributed by atoms with Crippen molar-refractivity contribution in [2.75, 3.05) is 13.1 Å². The number of alkyl halides is 2. The van der Waals surface area contributed by atoms with E-state index < -0.39 is 5.92 Å². The quantitative estimate of drug-likeness (QED) is 0.811. The molecule has 98 valence electrons. The molecule has 18 heavy (non-hydrogen) atoms. The highest BCUT2D eigenvalue weighted by molar-refractivity contribution is 5.93. The molecule has 1 fully saturated rings. The van der Waals surface area contributed by atoms with Gasteiger partial charge in [-0.15, -0.1) is 0 Å². The van der Waals surface area contributed by atoms with Gasteiger partial charge in [-0.1, -0.05) is 6.92 Å². The van der Waals surface area contributed by atoms with Gasteiger partial charge in [0.15, 0.2) is 0 Å². The van der Waals surface area contributed by atoms with Gasteiger partial charge in [-0.2, -0.15) is 0 Å². The zero-order valence-corrected chi connectivity index (χ0v) is 10.2. The predicted octanol–water partition coefficient (Wildman–Crippen LogP) is 1.91. The van der Waals surface area contributed by atoms with Crippen molar-refractivity contribution in [1.29, 1.82) is 0 Å². The summed E-state index contributed by atoms with van der Waals surface area (Å²) in [6, 6.07) is 0. The Balaban J connectivity index is 2.03. The van der Waals surface area contributed by atoms with Crippen LogP contribution in [0.4, 0.5) is 8.78 Å². The van der Waals surface area contributed by atoms with Crippen molar-refractivity contribution < 1.29 is 13.6 Å². The van der Waals surface area contributed by atoms with Crippen molar-refractivity contribution in [3.63, 3.8) is 0 Å². The van der Waals surface area contributed by atoms with Crippen LogP contribution in [0.25, 0.3) is 0 Å². The van der Waals surface area contributed by atoms with Gasteiger partial charge in [0.2, 0.25) is 0 Å². The van der Waals surface area contributed by atoms with Gasteiger partial charge in [0.05, 0.1) is 5.56 Å². The maximum Gasteiger partial charge on any atom is 0.256 e. The number of hydrogen-bond donors (Lipinski definition) is 0. The third-order valence-electron chi connectivity index (χ3n) is 3.05. The average Bonchev–Trinajstić information content (AvgIpc) is 2.38. The third kappa shape index (κ3) is 2.80. The molecule has 0 radical (unpaired) electrons. The van der Waals surface area contributed by atoms with Crippen molar-refractivity contribution in [2.45, 2.75) is 32.1 Å². The Labute approximate surface area is 104 Å². The van der Waals surface area contributed by atoms with Crippen LogP contribution in [-0.4, -0.2) is 39.8 Å². The Morgan fingerprint density at radius 1 is 1.33 bits per heavy atom. The molecule has 0 bridgehead atoms. The van der Waals surface area contributed by atoms with Crippen LogP contribution in [0.3, 0.4) is 0 Å². The fourth-order valence-electron chi connectivity index (χ4n) is 1.87. The second kappa shape index (κ2) is 4.96. The summed E-state index contributed by atoms with van der Waals surface area (Å²) in [6.45, 7) is 2.09. The zero-order valence-electron chi connectivity index (χ0n) is 10.2. The maximum absolute atomic E-state index is 13.0. The number of aryl methyl sites for hydroxylation is 1. The molecule has 4 nitrogen and oxygen atoms in total. The molecule has 0 aliphatic carbocycles. The van der Waals surface area contributed by atoms with Crippen molar-refractivity contribution >= 4 is 5.91 Å². The number of nitrogens with zero attached hydrogens (tertiary/aromatic N) is 3. The van der Waals surface area contributed by atoms with E-state index >= 15 is 0 Å². The van der Waals surface area contributed by atoms with E-state index in [4.69, 9.17) is 0 Å². The number of amides is 1.